The molecule has 0 bridgehead atoms. The van der Waals surface area contributed by atoms with E-state index in [1.165, 1.54) is 19.5 Å². The SMILES string of the molecule is CC(C)CN(CCC(C)(C)C)C(C)C(C)C. The van der Waals surface area contributed by atoms with Crippen LogP contribution in [0.4, 0.5) is 0 Å². The van der Waals surface area contributed by atoms with Crippen molar-refractivity contribution in [1.82, 2.24) is 4.90 Å². The highest BCUT2D eigenvalue weighted by Gasteiger charge is 2.20. The Balaban J connectivity index is 4.32. The first kappa shape index (κ1) is 16.0. The molecule has 1 unspecified atom stereocenters. The molecule has 16 heavy (non-hydrogen) atoms. The second-order valence-corrected chi connectivity index (χ2v) is 7.18. The van der Waals surface area contributed by atoms with Gasteiger partial charge >= 0.3 is 0 Å². The predicted molar refractivity (Wildman–Crippen MR) is 74.8 cm³/mol. The van der Waals surface area contributed by atoms with Gasteiger partial charge in [-0.1, -0.05) is 48.5 Å². The largest absolute Gasteiger partial charge is 0.300 e. The van der Waals surface area contributed by atoms with Crippen LogP contribution in [-0.4, -0.2) is 24.0 Å². The van der Waals surface area contributed by atoms with E-state index in [0.717, 1.165) is 11.8 Å². The summed E-state index contributed by atoms with van der Waals surface area (Å²) in [7, 11) is 0. The molecule has 0 aliphatic heterocycles. The zero-order chi connectivity index (χ0) is 12.9. The lowest BCUT2D eigenvalue weighted by atomic mass is 9.91. The van der Waals surface area contributed by atoms with Crippen LogP contribution in [0.25, 0.3) is 0 Å². The van der Waals surface area contributed by atoms with Crippen molar-refractivity contribution in [2.24, 2.45) is 17.3 Å². The summed E-state index contributed by atoms with van der Waals surface area (Å²) in [5.74, 6) is 1.51. The van der Waals surface area contributed by atoms with E-state index in [1.54, 1.807) is 0 Å². The third kappa shape index (κ3) is 7.27. The summed E-state index contributed by atoms with van der Waals surface area (Å²) in [6.07, 6.45) is 1.29. The van der Waals surface area contributed by atoms with Crippen molar-refractivity contribution in [3.8, 4) is 0 Å². The van der Waals surface area contributed by atoms with Crippen LogP contribution in [0.3, 0.4) is 0 Å². The van der Waals surface area contributed by atoms with E-state index in [4.69, 9.17) is 0 Å². The zero-order valence-electron chi connectivity index (χ0n) is 12.8. The molecule has 0 spiro atoms. The Morgan fingerprint density at radius 3 is 1.75 bits per heavy atom. The molecule has 0 aromatic heterocycles. The van der Waals surface area contributed by atoms with Crippen LogP contribution in [0.2, 0.25) is 0 Å². The molecule has 1 heteroatoms. The van der Waals surface area contributed by atoms with E-state index in [1.807, 2.05) is 0 Å². The predicted octanol–water partition coefficient (Wildman–Crippen LogP) is 4.43. The van der Waals surface area contributed by atoms with Crippen LogP contribution in [0.5, 0.6) is 0 Å². The van der Waals surface area contributed by atoms with Gasteiger partial charge in [0, 0.05) is 12.6 Å². The molecule has 0 aromatic carbocycles. The second-order valence-electron chi connectivity index (χ2n) is 7.18. The van der Waals surface area contributed by atoms with Crippen molar-refractivity contribution in [3.05, 3.63) is 0 Å². The van der Waals surface area contributed by atoms with Crippen LogP contribution in [0.1, 0.15) is 61.8 Å². The zero-order valence-corrected chi connectivity index (χ0v) is 12.8. The standard InChI is InChI=1S/C15H33N/c1-12(2)11-16(14(5)13(3)4)10-9-15(6,7)8/h12-14H,9-11H2,1-8H3. The van der Waals surface area contributed by atoms with Crippen molar-refractivity contribution in [2.45, 2.75) is 67.9 Å². The molecule has 0 fully saturated rings. The van der Waals surface area contributed by atoms with Crippen LogP contribution >= 0.6 is 0 Å². The van der Waals surface area contributed by atoms with Gasteiger partial charge in [-0.15, -0.1) is 0 Å². The number of rotatable bonds is 6. The second kappa shape index (κ2) is 6.64. The van der Waals surface area contributed by atoms with Gasteiger partial charge in [0.25, 0.3) is 0 Å². The van der Waals surface area contributed by atoms with Gasteiger partial charge in [0.05, 0.1) is 0 Å². The van der Waals surface area contributed by atoms with Crippen molar-refractivity contribution in [2.75, 3.05) is 13.1 Å². The fourth-order valence-corrected chi connectivity index (χ4v) is 1.83. The Bertz CT molecular complexity index is 176. The molecule has 1 nitrogen and oxygen atoms in total. The third-order valence-electron chi connectivity index (χ3n) is 3.29. The molecule has 0 saturated heterocycles. The maximum absolute atomic E-state index is 2.67. The monoisotopic (exact) mass is 227 g/mol. The van der Waals surface area contributed by atoms with Gasteiger partial charge in [0.2, 0.25) is 0 Å². The molecule has 0 heterocycles. The lowest BCUT2D eigenvalue weighted by Crippen LogP contribution is -2.40. The van der Waals surface area contributed by atoms with Crippen LogP contribution in [0, 0.1) is 17.3 Å². The third-order valence-corrected chi connectivity index (χ3v) is 3.29. The first-order valence-corrected chi connectivity index (χ1v) is 6.87. The minimum atomic E-state index is 0.450. The van der Waals surface area contributed by atoms with E-state index in [9.17, 15) is 0 Å². The first-order chi connectivity index (χ1) is 7.13. The summed E-state index contributed by atoms with van der Waals surface area (Å²) in [6, 6.07) is 0.699. The maximum atomic E-state index is 2.67. The van der Waals surface area contributed by atoms with Gasteiger partial charge in [0.15, 0.2) is 0 Å². The van der Waals surface area contributed by atoms with Crippen molar-refractivity contribution in [1.29, 1.82) is 0 Å². The maximum Gasteiger partial charge on any atom is 0.00900 e. The molecule has 0 amide bonds. The lowest BCUT2D eigenvalue weighted by molar-refractivity contribution is 0.132. The highest BCUT2D eigenvalue weighted by atomic mass is 15.2. The van der Waals surface area contributed by atoms with Gasteiger partial charge in [-0.2, -0.15) is 0 Å². The van der Waals surface area contributed by atoms with Gasteiger partial charge in [-0.05, 0) is 37.1 Å². The van der Waals surface area contributed by atoms with Gasteiger partial charge < -0.3 is 4.90 Å². The van der Waals surface area contributed by atoms with Crippen LogP contribution < -0.4 is 0 Å². The summed E-state index contributed by atoms with van der Waals surface area (Å²) in [5.41, 5.74) is 0.450. The van der Waals surface area contributed by atoms with E-state index < -0.39 is 0 Å². The van der Waals surface area contributed by atoms with E-state index >= 15 is 0 Å². The minimum absolute atomic E-state index is 0.450. The summed E-state index contributed by atoms with van der Waals surface area (Å²) in [4.78, 5) is 2.67. The topological polar surface area (TPSA) is 3.24 Å². The average Bonchev–Trinajstić information content (AvgIpc) is 2.08. The molecule has 0 aliphatic rings. The lowest BCUT2D eigenvalue weighted by Gasteiger charge is -2.35. The Hall–Kier alpha value is -0.0400. The fraction of sp³-hybridized carbons (Fsp3) is 1.00. The Morgan fingerprint density at radius 2 is 1.44 bits per heavy atom. The summed E-state index contributed by atoms with van der Waals surface area (Å²) in [6.45, 7) is 21.1. The molecule has 0 radical (unpaired) electrons. The molecule has 0 saturated carbocycles. The molecule has 98 valence electrons. The number of hydrogen-bond donors (Lipinski definition) is 0. The molecule has 0 aliphatic carbocycles. The summed E-state index contributed by atoms with van der Waals surface area (Å²) < 4.78 is 0. The molecule has 1 atom stereocenters. The minimum Gasteiger partial charge on any atom is -0.300 e. The quantitative estimate of drug-likeness (QED) is 0.649. The van der Waals surface area contributed by atoms with Crippen molar-refractivity contribution < 1.29 is 0 Å². The van der Waals surface area contributed by atoms with Crippen LogP contribution in [0.15, 0.2) is 0 Å². The Kier molecular flexibility index (Phi) is 6.62. The van der Waals surface area contributed by atoms with Gasteiger partial charge in [-0.3, -0.25) is 0 Å². The summed E-state index contributed by atoms with van der Waals surface area (Å²) in [5, 5.41) is 0. The molecule has 0 N–H and O–H groups in total. The number of hydrogen-bond acceptors (Lipinski definition) is 1. The highest BCUT2D eigenvalue weighted by molar-refractivity contribution is 4.74. The van der Waals surface area contributed by atoms with Crippen molar-refractivity contribution >= 4 is 0 Å². The van der Waals surface area contributed by atoms with Gasteiger partial charge in [-0.25, -0.2) is 0 Å². The molecular weight excluding hydrogens is 194 g/mol. The van der Waals surface area contributed by atoms with E-state index in [2.05, 4.69) is 60.3 Å². The Morgan fingerprint density at radius 1 is 0.938 bits per heavy atom. The molecule has 0 rings (SSSR count). The fourth-order valence-electron chi connectivity index (χ4n) is 1.83. The van der Waals surface area contributed by atoms with Crippen molar-refractivity contribution in [3.63, 3.8) is 0 Å². The first-order valence-electron chi connectivity index (χ1n) is 6.87. The molecular formula is C15H33N. The normalized spacial score (nSPS) is 15.2. The Labute approximate surface area is 104 Å². The number of nitrogens with zero attached hydrogens (tertiary/aromatic N) is 1. The van der Waals surface area contributed by atoms with Gasteiger partial charge in [0.1, 0.15) is 0 Å². The van der Waals surface area contributed by atoms with E-state index in [0.29, 0.717) is 11.5 Å². The highest BCUT2D eigenvalue weighted by Crippen LogP contribution is 2.21. The summed E-state index contributed by atoms with van der Waals surface area (Å²) >= 11 is 0. The molecule has 0 aromatic rings. The van der Waals surface area contributed by atoms with Crippen LogP contribution in [-0.2, 0) is 0 Å². The average molecular weight is 227 g/mol. The smallest absolute Gasteiger partial charge is 0.00900 e. The van der Waals surface area contributed by atoms with E-state index in [-0.39, 0.29) is 0 Å².